The number of amides is 2. The number of benzene rings is 2. The van der Waals surface area contributed by atoms with Gasteiger partial charge in [-0.15, -0.1) is 0 Å². The third kappa shape index (κ3) is 4.37. The van der Waals surface area contributed by atoms with E-state index < -0.39 is 6.04 Å². The summed E-state index contributed by atoms with van der Waals surface area (Å²) in [7, 11) is 0. The van der Waals surface area contributed by atoms with Gasteiger partial charge in [0.2, 0.25) is 0 Å². The van der Waals surface area contributed by atoms with Crippen molar-refractivity contribution >= 4 is 6.03 Å². The van der Waals surface area contributed by atoms with Gasteiger partial charge < -0.3 is 15.3 Å². The van der Waals surface area contributed by atoms with Crippen LogP contribution < -0.4 is 5.32 Å². The lowest BCUT2D eigenvalue weighted by atomic mass is 9.98. The molecule has 4 nitrogen and oxygen atoms in total. The number of halogens is 1. The molecule has 1 heterocycles. The molecule has 0 spiro atoms. The Labute approximate surface area is 147 Å². The quantitative estimate of drug-likeness (QED) is 0.877. The molecule has 0 aliphatic carbocycles. The van der Waals surface area contributed by atoms with E-state index in [-0.39, 0.29) is 24.4 Å². The number of carbonyl (C=O) groups excluding carboxylic acids is 1. The monoisotopic (exact) mass is 342 g/mol. The van der Waals surface area contributed by atoms with Crippen molar-refractivity contribution in [3.8, 4) is 0 Å². The van der Waals surface area contributed by atoms with E-state index in [1.54, 1.807) is 23.1 Å². The zero-order valence-electron chi connectivity index (χ0n) is 14.1. The lowest BCUT2D eigenvalue weighted by Gasteiger charge is -2.24. The van der Waals surface area contributed by atoms with Gasteiger partial charge in [-0.25, -0.2) is 9.18 Å². The number of nitrogens with one attached hydrogen (secondary N) is 1. The van der Waals surface area contributed by atoms with E-state index in [1.807, 2.05) is 30.3 Å². The number of hydrogen-bond donors (Lipinski definition) is 2. The van der Waals surface area contributed by atoms with E-state index in [9.17, 15) is 14.3 Å². The molecule has 2 aromatic rings. The summed E-state index contributed by atoms with van der Waals surface area (Å²) in [6, 6.07) is 15.6. The standard InChI is InChI=1S/C20H23FN2O2/c21-18-9-5-4-8-17(18)19(12-15-6-2-1-3-7-15)22-20(25)23-11-10-16(13-23)14-24/h1-9,16,19,24H,10-14H2,(H,22,25)/t16-,19-/m1/s1. The molecule has 0 aromatic heterocycles. The van der Waals surface area contributed by atoms with Crippen LogP contribution >= 0.6 is 0 Å². The lowest BCUT2D eigenvalue weighted by molar-refractivity contribution is 0.194. The summed E-state index contributed by atoms with van der Waals surface area (Å²) in [6.07, 6.45) is 1.32. The average Bonchev–Trinajstić information content (AvgIpc) is 3.12. The van der Waals surface area contributed by atoms with Crippen molar-refractivity contribution in [1.82, 2.24) is 10.2 Å². The molecule has 1 saturated heterocycles. The predicted octanol–water partition coefficient (Wildman–Crippen LogP) is 3.13. The number of aliphatic hydroxyl groups is 1. The van der Waals surface area contributed by atoms with Gasteiger partial charge in [-0.3, -0.25) is 0 Å². The van der Waals surface area contributed by atoms with Crippen molar-refractivity contribution in [1.29, 1.82) is 0 Å². The number of aliphatic hydroxyl groups excluding tert-OH is 1. The van der Waals surface area contributed by atoms with E-state index in [2.05, 4.69) is 5.32 Å². The molecule has 0 saturated carbocycles. The molecule has 132 valence electrons. The smallest absolute Gasteiger partial charge is 0.317 e. The van der Waals surface area contributed by atoms with Crippen LogP contribution in [-0.2, 0) is 6.42 Å². The molecule has 0 radical (unpaired) electrons. The van der Waals surface area contributed by atoms with Crippen LogP contribution in [0.2, 0.25) is 0 Å². The van der Waals surface area contributed by atoms with Crippen LogP contribution in [0.25, 0.3) is 0 Å². The summed E-state index contributed by atoms with van der Waals surface area (Å²) in [5.41, 5.74) is 1.52. The molecule has 0 unspecified atom stereocenters. The average molecular weight is 342 g/mol. The topological polar surface area (TPSA) is 52.6 Å². The van der Waals surface area contributed by atoms with Gasteiger partial charge in [0.25, 0.3) is 0 Å². The number of urea groups is 1. The van der Waals surface area contributed by atoms with Gasteiger partial charge in [0.15, 0.2) is 0 Å². The largest absolute Gasteiger partial charge is 0.396 e. The van der Waals surface area contributed by atoms with E-state index >= 15 is 0 Å². The first kappa shape index (κ1) is 17.4. The highest BCUT2D eigenvalue weighted by molar-refractivity contribution is 5.75. The summed E-state index contributed by atoms with van der Waals surface area (Å²) < 4.78 is 14.3. The summed E-state index contributed by atoms with van der Waals surface area (Å²) in [5.74, 6) is -0.190. The first-order valence-electron chi connectivity index (χ1n) is 8.62. The van der Waals surface area contributed by atoms with Crippen molar-refractivity contribution in [3.63, 3.8) is 0 Å². The molecule has 2 amide bonds. The molecule has 2 aromatic carbocycles. The molecule has 1 aliphatic heterocycles. The second kappa shape index (κ2) is 8.12. The highest BCUT2D eigenvalue weighted by Crippen LogP contribution is 2.23. The highest BCUT2D eigenvalue weighted by atomic mass is 19.1. The second-order valence-electron chi connectivity index (χ2n) is 6.50. The Hall–Kier alpha value is -2.40. The van der Waals surface area contributed by atoms with Crippen molar-refractivity contribution in [2.24, 2.45) is 5.92 Å². The third-order valence-electron chi connectivity index (χ3n) is 4.69. The van der Waals surface area contributed by atoms with E-state index in [1.165, 1.54) is 6.07 Å². The fourth-order valence-electron chi connectivity index (χ4n) is 3.25. The Balaban J connectivity index is 1.77. The second-order valence-corrected chi connectivity index (χ2v) is 6.50. The van der Waals surface area contributed by atoms with Crippen molar-refractivity contribution in [2.45, 2.75) is 18.9 Å². The first-order chi connectivity index (χ1) is 12.2. The van der Waals surface area contributed by atoms with Crippen LogP contribution in [0, 0.1) is 11.7 Å². The van der Waals surface area contributed by atoms with Gasteiger partial charge >= 0.3 is 6.03 Å². The van der Waals surface area contributed by atoms with Crippen molar-refractivity contribution in [3.05, 3.63) is 71.5 Å². The summed E-state index contributed by atoms with van der Waals surface area (Å²) in [5, 5.41) is 12.2. The molecular weight excluding hydrogens is 319 g/mol. The maximum Gasteiger partial charge on any atom is 0.317 e. The maximum atomic E-state index is 14.3. The van der Waals surface area contributed by atoms with Crippen molar-refractivity contribution < 1.29 is 14.3 Å². The first-order valence-corrected chi connectivity index (χ1v) is 8.62. The molecule has 2 N–H and O–H groups in total. The minimum Gasteiger partial charge on any atom is -0.396 e. The number of likely N-dealkylation sites (tertiary alicyclic amines) is 1. The summed E-state index contributed by atoms with van der Waals surface area (Å²) in [6.45, 7) is 1.24. The Morgan fingerprint density at radius 1 is 1.20 bits per heavy atom. The van der Waals surface area contributed by atoms with Crippen LogP contribution in [0.4, 0.5) is 9.18 Å². The highest BCUT2D eigenvalue weighted by Gasteiger charge is 2.28. The zero-order chi connectivity index (χ0) is 17.6. The fourth-order valence-corrected chi connectivity index (χ4v) is 3.25. The molecule has 1 fully saturated rings. The maximum absolute atomic E-state index is 14.3. The van der Waals surface area contributed by atoms with E-state index in [0.717, 1.165) is 12.0 Å². The molecule has 0 bridgehead atoms. The van der Waals surface area contributed by atoms with Gasteiger partial charge in [0, 0.05) is 31.2 Å². The predicted molar refractivity (Wildman–Crippen MR) is 94.6 cm³/mol. The van der Waals surface area contributed by atoms with Gasteiger partial charge in [-0.05, 0) is 24.5 Å². The zero-order valence-corrected chi connectivity index (χ0v) is 14.1. The molecule has 2 atom stereocenters. The van der Waals surface area contributed by atoms with Gasteiger partial charge in [0.1, 0.15) is 5.82 Å². The minimum absolute atomic E-state index is 0.0878. The normalized spacial score (nSPS) is 18.2. The molecule has 3 rings (SSSR count). The van der Waals surface area contributed by atoms with Crippen LogP contribution in [0.15, 0.2) is 54.6 Å². The van der Waals surface area contributed by atoms with Gasteiger partial charge in [-0.2, -0.15) is 0 Å². The van der Waals surface area contributed by atoms with Crippen LogP contribution in [-0.4, -0.2) is 35.7 Å². The molecule has 1 aliphatic rings. The van der Waals surface area contributed by atoms with Gasteiger partial charge in [-0.1, -0.05) is 48.5 Å². The number of rotatable bonds is 5. The fraction of sp³-hybridized carbons (Fsp3) is 0.350. The Kier molecular flexibility index (Phi) is 5.66. The molecule has 25 heavy (non-hydrogen) atoms. The van der Waals surface area contributed by atoms with Crippen LogP contribution in [0.3, 0.4) is 0 Å². The Morgan fingerprint density at radius 3 is 2.60 bits per heavy atom. The van der Waals surface area contributed by atoms with E-state index in [0.29, 0.717) is 25.1 Å². The van der Waals surface area contributed by atoms with Crippen molar-refractivity contribution in [2.75, 3.05) is 19.7 Å². The Bertz CT molecular complexity index is 708. The number of carbonyl (C=O) groups is 1. The molecular formula is C20H23FN2O2. The van der Waals surface area contributed by atoms with Gasteiger partial charge in [0.05, 0.1) is 6.04 Å². The number of nitrogens with zero attached hydrogens (tertiary/aromatic N) is 1. The third-order valence-corrected chi connectivity index (χ3v) is 4.69. The van der Waals surface area contributed by atoms with E-state index in [4.69, 9.17) is 0 Å². The summed E-state index contributed by atoms with van der Waals surface area (Å²) in [4.78, 5) is 14.3. The SMILES string of the molecule is O=C(N[C@H](Cc1ccccc1)c1ccccc1F)N1CC[C@@H](CO)C1. The molecule has 5 heteroatoms. The van der Waals surface area contributed by atoms with Crippen LogP contribution in [0.1, 0.15) is 23.6 Å². The Morgan fingerprint density at radius 2 is 1.92 bits per heavy atom. The number of hydrogen-bond acceptors (Lipinski definition) is 2. The summed E-state index contributed by atoms with van der Waals surface area (Å²) >= 11 is 0. The van der Waals surface area contributed by atoms with Crippen LogP contribution in [0.5, 0.6) is 0 Å². The lowest BCUT2D eigenvalue weighted by Crippen LogP contribution is -2.41. The minimum atomic E-state index is -0.440.